The minimum Gasteiger partial charge on any atom is -0.505 e. The molecule has 19 heavy (non-hydrogen) atoms. The second-order valence-electron chi connectivity index (χ2n) is 4.52. The zero-order valence-corrected chi connectivity index (χ0v) is 10.0. The van der Waals surface area contributed by atoms with Crippen LogP contribution in [-0.4, -0.2) is 40.2 Å². The molecule has 1 unspecified atom stereocenters. The van der Waals surface area contributed by atoms with Crippen molar-refractivity contribution in [2.24, 2.45) is 5.92 Å². The van der Waals surface area contributed by atoms with E-state index < -0.39 is 18.0 Å². The van der Waals surface area contributed by atoms with E-state index in [9.17, 15) is 23.1 Å². The second-order valence-corrected chi connectivity index (χ2v) is 4.52. The van der Waals surface area contributed by atoms with Gasteiger partial charge in [0, 0.05) is 19.3 Å². The topological polar surface area (TPSA) is 53.4 Å². The van der Waals surface area contributed by atoms with Crippen molar-refractivity contribution < 1.29 is 23.1 Å². The van der Waals surface area contributed by atoms with E-state index in [2.05, 4.69) is 4.98 Å². The summed E-state index contributed by atoms with van der Waals surface area (Å²) >= 11 is 0. The first-order chi connectivity index (χ1) is 8.89. The SMILES string of the molecule is O=C(c1ccncc1O)N1CCCC(C(F)(F)F)C1. The lowest BCUT2D eigenvalue weighted by atomic mass is 9.97. The number of aromatic nitrogens is 1. The van der Waals surface area contributed by atoms with Crippen molar-refractivity contribution >= 4 is 5.91 Å². The van der Waals surface area contributed by atoms with E-state index in [1.54, 1.807) is 0 Å². The van der Waals surface area contributed by atoms with Gasteiger partial charge in [0.2, 0.25) is 0 Å². The fourth-order valence-electron chi connectivity index (χ4n) is 2.17. The molecule has 104 valence electrons. The molecule has 0 bridgehead atoms. The van der Waals surface area contributed by atoms with Crippen molar-refractivity contribution in [2.45, 2.75) is 19.0 Å². The Balaban J connectivity index is 2.14. The maximum Gasteiger partial charge on any atom is 0.393 e. The number of hydrogen-bond acceptors (Lipinski definition) is 3. The number of amides is 1. The summed E-state index contributed by atoms with van der Waals surface area (Å²) in [7, 11) is 0. The van der Waals surface area contributed by atoms with Crippen LogP contribution in [0.5, 0.6) is 5.75 Å². The number of carbonyl (C=O) groups excluding carboxylic acids is 1. The van der Waals surface area contributed by atoms with Crippen LogP contribution in [0.25, 0.3) is 0 Å². The first kappa shape index (κ1) is 13.6. The third kappa shape index (κ3) is 2.97. The highest BCUT2D eigenvalue weighted by Crippen LogP contribution is 2.33. The Hall–Kier alpha value is -1.79. The van der Waals surface area contributed by atoms with Crippen LogP contribution in [0, 0.1) is 5.92 Å². The molecule has 1 aliphatic rings. The van der Waals surface area contributed by atoms with Gasteiger partial charge in [0.1, 0.15) is 5.75 Å². The zero-order chi connectivity index (χ0) is 14.0. The van der Waals surface area contributed by atoms with Gasteiger partial charge < -0.3 is 10.0 Å². The van der Waals surface area contributed by atoms with Gasteiger partial charge >= 0.3 is 6.18 Å². The average Bonchev–Trinajstić information content (AvgIpc) is 2.38. The van der Waals surface area contributed by atoms with Gasteiger partial charge in [0.25, 0.3) is 5.91 Å². The number of piperidine rings is 1. The number of alkyl halides is 3. The minimum atomic E-state index is -4.29. The quantitative estimate of drug-likeness (QED) is 0.854. The minimum absolute atomic E-state index is 0.0159. The molecule has 1 N–H and O–H groups in total. The van der Waals surface area contributed by atoms with Crippen molar-refractivity contribution in [1.82, 2.24) is 9.88 Å². The monoisotopic (exact) mass is 274 g/mol. The number of nitrogens with zero attached hydrogens (tertiary/aromatic N) is 2. The van der Waals surface area contributed by atoms with E-state index >= 15 is 0 Å². The predicted molar refractivity (Wildman–Crippen MR) is 60.6 cm³/mol. The standard InChI is InChI=1S/C12H13F3N2O2/c13-12(14,15)8-2-1-5-17(7-8)11(19)9-3-4-16-6-10(9)18/h3-4,6,8,18H,1-2,5,7H2. The van der Waals surface area contributed by atoms with Crippen LogP contribution < -0.4 is 0 Å². The molecular weight excluding hydrogens is 261 g/mol. The number of likely N-dealkylation sites (tertiary alicyclic amines) is 1. The fraction of sp³-hybridized carbons (Fsp3) is 0.500. The van der Waals surface area contributed by atoms with Crippen molar-refractivity contribution in [3.8, 4) is 5.75 Å². The van der Waals surface area contributed by atoms with Crippen molar-refractivity contribution in [3.63, 3.8) is 0 Å². The molecule has 1 aromatic heterocycles. The van der Waals surface area contributed by atoms with Gasteiger partial charge in [-0.1, -0.05) is 0 Å². The van der Waals surface area contributed by atoms with Gasteiger partial charge in [-0.05, 0) is 18.9 Å². The normalized spacial score (nSPS) is 20.4. The molecule has 0 saturated carbocycles. The van der Waals surface area contributed by atoms with Gasteiger partial charge in [-0.25, -0.2) is 0 Å². The number of carbonyl (C=O) groups is 1. The molecule has 0 radical (unpaired) electrons. The molecule has 1 amide bonds. The Morgan fingerprint density at radius 2 is 2.21 bits per heavy atom. The summed E-state index contributed by atoms with van der Waals surface area (Å²) in [6.07, 6.45) is -1.53. The summed E-state index contributed by atoms with van der Waals surface area (Å²) in [6, 6.07) is 1.30. The summed E-state index contributed by atoms with van der Waals surface area (Å²) in [4.78, 5) is 16.8. The second kappa shape index (κ2) is 5.07. The first-order valence-corrected chi connectivity index (χ1v) is 5.88. The molecule has 2 heterocycles. The zero-order valence-electron chi connectivity index (χ0n) is 10.0. The number of pyridine rings is 1. The van der Waals surface area contributed by atoms with Crippen LogP contribution >= 0.6 is 0 Å². The summed E-state index contributed by atoms with van der Waals surface area (Å²) in [5.41, 5.74) is -0.0159. The van der Waals surface area contributed by atoms with Crippen LogP contribution in [0.4, 0.5) is 13.2 Å². The van der Waals surface area contributed by atoms with Gasteiger partial charge in [0.15, 0.2) is 0 Å². The summed E-state index contributed by atoms with van der Waals surface area (Å²) < 4.78 is 38.0. The molecular formula is C12H13F3N2O2. The van der Waals surface area contributed by atoms with E-state index in [0.717, 1.165) is 11.1 Å². The van der Waals surface area contributed by atoms with Crippen LogP contribution in [0.15, 0.2) is 18.5 Å². The van der Waals surface area contributed by atoms with Gasteiger partial charge in [-0.2, -0.15) is 13.2 Å². The Kier molecular flexibility index (Phi) is 3.64. The van der Waals surface area contributed by atoms with Crippen LogP contribution in [-0.2, 0) is 0 Å². The Labute approximate surface area is 107 Å². The Morgan fingerprint density at radius 1 is 1.47 bits per heavy atom. The van der Waals surface area contributed by atoms with Crippen molar-refractivity contribution in [3.05, 3.63) is 24.0 Å². The lowest BCUT2D eigenvalue weighted by Gasteiger charge is -2.33. The number of hydrogen-bond donors (Lipinski definition) is 1. The highest BCUT2D eigenvalue weighted by molar-refractivity contribution is 5.96. The highest BCUT2D eigenvalue weighted by atomic mass is 19.4. The molecule has 1 saturated heterocycles. The van der Waals surface area contributed by atoms with Crippen LogP contribution in [0.2, 0.25) is 0 Å². The van der Waals surface area contributed by atoms with Crippen molar-refractivity contribution in [1.29, 1.82) is 0 Å². The molecule has 7 heteroatoms. The van der Waals surface area contributed by atoms with Gasteiger partial charge in [-0.15, -0.1) is 0 Å². The molecule has 2 rings (SSSR count). The van der Waals surface area contributed by atoms with E-state index in [1.807, 2.05) is 0 Å². The van der Waals surface area contributed by atoms with Crippen LogP contribution in [0.1, 0.15) is 23.2 Å². The largest absolute Gasteiger partial charge is 0.505 e. The molecule has 1 aliphatic heterocycles. The number of halogens is 3. The van der Waals surface area contributed by atoms with Crippen molar-refractivity contribution in [2.75, 3.05) is 13.1 Å². The first-order valence-electron chi connectivity index (χ1n) is 5.88. The third-order valence-electron chi connectivity index (χ3n) is 3.20. The predicted octanol–water partition coefficient (Wildman–Crippen LogP) is 2.20. The van der Waals surface area contributed by atoms with E-state index in [1.165, 1.54) is 12.3 Å². The highest BCUT2D eigenvalue weighted by Gasteiger charge is 2.42. The summed E-state index contributed by atoms with van der Waals surface area (Å²) in [6.45, 7) is -0.0860. The molecule has 1 atom stereocenters. The lowest BCUT2D eigenvalue weighted by molar-refractivity contribution is -0.184. The van der Waals surface area contributed by atoms with E-state index in [0.29, 0.717) is 6.42 Å². The van der Waals surface area contributed by atoms with E-state index in [4.69, 9.17) is 0 Å². The number of aromatic hydroxyl groups is 1. The molecule has 1 fully saturated rings. The molecule has 0 aliphatic carbocycles. The fourth-order valence-corrected chi connectivity index (χ4v) is 2.17. The maximum atomic E-state index is 12.7. The van der Waals surface area contributed by atoms with E-state index in [-0.39, 0.29) is 30.8 Å². The summed E-state index contributed by atoms with van der Waals surface area (Å²) in [5.74, 6) is -2.40. The lowest BCUT2D eigenvalue weighted by Crippen LogP contribution is -2.44. The van der Waals surface area contributed by atoms with Gasteiger partial charge in [0.05, 0.1) is 17.7 Å². The summed E-state index contributed by atoms with van der Waals surface area (Å²) in [5, 5.41) is 9.51. The Morgan fingerprint density at radius 3 is 2.84 bits per heavy atom. The molecule has 1 aromatic rings. The van der Waals surface area contributed by atoms with Gasteiger partial charge in [-0.3, -0.25) is 9.78 Å². The smallest absolute Gasteiger partial charge is 0.393 e. The molecule has 4 nitrogen and oxygen atoms in total. The Bertz CT molecular complexity index is 476. The molecule has 0 spiro atoms. The number of rotatable bonds is 1. The van der Waals surface area contributed by atoms with Crippen LogP contribution in [0.3, 0.4) is 0 Å². The maximum absolute atomic E-state index is 12.7. The molecule has 0 aromatic carbocycles. The average molecular weight is 274 g/mol. The third-order valence-corrected chi connectivity index (χ3v) is 3.20.